The zero-order valence-electron chi connectivity index (χ0n) is 39.7. The van der Waals surface area contributed by atoms with Crippen molar-refractivity contribution in [3.63, 3.8) is 0 Å². The smallest absolute Gasteiger partial charge is 0.408 e. The average Bonchev–Trinajstić information content (AvgIpc) is 3.56. The number of carboxylic acids is 1. The zero-order valence-corrected chi connectivity index (χ0v) is 39.7. The summed E-state index contributed by atoms with van der Waals surface area (Å²) in [7, 11) is 1.55. The summed E-state index contributed by atoms with van der Waals surface area (Å²) in [5, 5.41) is 24.9. The molecular weight excluding hydrogens is 868 g/mol. The summed E-state index contributed by atoms with van der Waals surface area (Å²) in [6.45, 7) is 13.0. The van der Waals surface area contributed by atoms with Gasteiger partial charge < -0.3 is 34.5 Å². The Morgan fingerprint density at radius 1 is 0.955 bits per heavy atom. The number of alkyl carbamates (subject to hydrolysis) is 1. The summed E-state index contributed by atoms with van der Waals surface area (Å²) < 4.78 is 57.4. The van der Waals surface area contributed by atoms with Crippen molar-refractivity contribution in [1.82, 2.24) is 30.2 Å². The Balaban J connectivity index is 1.33. The monoisotopic (exact) mass is 933 g/mol. The van der Waals surface area contributed by atoms with Gasteiger partial charge in [0, 0.05) is 68.8 Å². The number of nitrogens with one attached hydrogen (secondary N) is 2. The van der Waals surface area contributed by atoms with Crippen LogP contribution in [-0.4, -0.2) is 124 Å². The Kier molecular flexibility index (Phi) is 14.9. The van der Waals surface area contributed by atoms with Gasteiger partial charge in [0.05, 0.1) is 29.4 Å². The molecule has 3 saturated heterocycles. The van der Waals surface area contributed by atoms with Crippen LogP contribution in [0.1, 0.15) is 96.6 Å². The highest BCUT2D eigenvalue weighted by Gasteiger charge is 2.37. The van der Waals surface area contributed by atoms with E-state index < -0.39 is 59.9 Å². The summed E-state index contributed by atoms with van der Waals surface area (Å²) in [6.07, 6.45) is 0.325. The van der Waals surface area contributed by atoms with E-state index in [9.17, 15) is 37.8 Å². The summed E-state index contributed by atoms with van der Waals surface area (Å²) in [6, 6.07) is 13.0. The molecule has 2 aromatic heterocycles. The van der Waals surface area contributed by atoms with Crippen molar-refractivity contribution >= 4 is 34.6 Å². The Hall–Kier alpha value is -5.23. The quantitative estimate of drug-likeness (QED) is 0.0974. The molecule has 364 valence electrons. The number of benzene rings is 2. The minimum absolute atomic E-state index is 0.0196. The van der Waals surface area contributed by atoms with E-state index in [4.69, 9.17) is 14.5 Å². The number of carbonyl (C=O) groups excluding carboxylic acids is 2. The molecule has 0 spiro atoms. The molecule has 0 aliphatic carbocycles. The first-order chi connectivity index (χ1) is 31.6. The first-order valence-corrected chi connectivity index (χ1v) is 23.4. The Labute approximate surface area is 390 Å². The van der Waals surface area contributed by atoms with Crippen molar-refractivity contribution in [2.75, 3.05) is 51.3 Å². The number of piperidine rings is 1. The number of ether oxygens (including phenoxy) is 2. The molecule has 0 bridgehead atoms. The van der Waals surface area contributed by atoms with Gasteiger partial charge >= 0.3 is 18.2 Å². The number of hydrogen-bond donors (Lipinski definition) is 4. The van der Waals surface area contributed by atoms with Gasteiger partial charge in [-0.15, -0.1) is 0 Å². The van der Waals surface area contributed by atoms with Crippen LogP contribution in [0.4, 0.5) is 23.7 Å². The van der Waals surface area contributed by atoms with E-state index in [1.165, 1.54) is 16.0 Å². The van der Waals surface area contributed by atoms with E-state index in [1.807, 2.05) is 63.4 Å². The maximum atomic E-state index is 14.9. The number of rotatable bonds is 14. The number of aliphatic hydroxyl groups is 1. The van der Waals surface area contributed by atoms with Gasteiger partial charge in [0.2, 0.25) is 0 Å². The van der Waals surface area contributed by atoms with Gasteiger partial charge in [-0.25, -0.2) is 10.2 Å². The first-order valence-electron chi connectivity index (χ1n) is 23.4. The van der Waals surface area contributed by atoms with Gasteiger partial charge in [0.25, 0.3) is 5.91 Å². The standard InChI is InChI=1S/C50H66F3N7O7/c1-31(66-7)43-38(25-36(27-54-43)58-21-20-57-18-9-8-14-35(57)28-58)44-39(26-49(5,6)30-61)37-24-34(16-17-42(37)59(44)29-50(51,52)53)33-13-10-12-32(22-33)23-41(55-47(65)67-48(2,3)4)45(62)60-19-11-15-40(56-60)46(63)64/h10,12-13,16-17,22,24-25,27,31,35,40-41,56,61H,8-9,11,14-15,18-21,23,26,28-30H2,1-7H3,(H,55,65)(H,63,64)/t31-,35?,40?,41?/m0/s1. The number of carboxylic acid groups (broad SMARTS) is 1. The Bertz CT molecular complexity index is 2430. The third-order valence-electron chi connectivity index (χ3n) is 13.1. The average molecular weight is 934 g/mol. The molecule has 7 rings (SSSR count). The van der Waals surface area contributed by atoms with Crippen molar-refractivity contribution in [3.05, 3.63) is 71.5 Å². The minimum atomic E-state index is -4.59. The van der Waals surface area contributed by atoms with E-state index in [2.05, 4.69) is 20.5 Å². The molecule has 14 nitrogen and oxygen atoms in total. The van der Waals surface area contributed by atoms with E-state index in [0.717, 1.165) is 44.7 Å². The van der Waals surface area contributed by atoms with Gasteiger partial charge in [-0.3, -0.25) is 24.5 Å². The lowest BCUT2D eigenvalue weighted by Crippen LogP contribution is -2.60. The van der Waals surface area contributed by atoms with E-state index >= 15 is 0 Å². The molecule has 3 aliphatic rings. The second kappa shape index (κ2) is 20.2. The van der Waals surface area contributed by atoms with Gasteiger partial charge in [0.1, 0.15) is 24.2 Å². The van der Waals surface area contributed by atoms with Crippen molar-refractivity contribution in [2.24, 2.45) is 5.41 Å². The molecule has 3 fully saturated rings. The van der Waals surface area contributed by atoms with Crippen LogP contribution in [0.3, 0.4) is 0 Å². The van der Waals surface area contributed by atoms with Crippen LogP contribution in [0.5, 0.6) is 0 Å². The molecule has 5 heterocycles. The predicted molar refractivity (Wildman–Crippen MR) is 250 cm³/mol. The number of piperazine rings is 1. The number of carbonyl (C=O) groups is 3. The predicted octanol–water partition coefficient (Wildman–Crippen LogP) is 7.89. The van der Waals surface area contributed by atoms with Crippen LogP contribution in [0.2, 0.25) is 0 Å². The van der Waals surface area contributed by atoms with Crippen LogP contribution < -0.4 is 15.6 Å². The third-order valence-corrected chi connectivity index (χ3v) is 13.1. The number of amides is 2. The van der Waals surface area contributed by atoms with Crippen molar-refractivity contribution in [3.8, 4) is 22.4 Å². The number of alkyl halides is 3. The number of halogens is 3. The number of aliphatic hydroxyl groups excluding tert-OH is 1. The highest BCUT2D eigenvalue weighted by molar-refractivity contribution is 5.96. The highest BCUT2D eigenvalue weighted by atomic mass is 19.4. The van der Waals surface area contributed by atoms with Crippen LogP contribution >= 0.6 is 0 Å². The summed E-state index contributed by atoms with van der Waals surface area (Å²) in [5.74, 6) is -1.62. The lowest BCUT2D eigenvalue weighted by atomic mass is 9.84. The molecule has 4 N–H and O–H groups in total. The number of anilines is 1. The topological polar surface area (TPSA) is 162 Å². The molecule has 67 heavy (non-hydrogen) atoms. The number of aromatic nitrogens is 2. The van der Waals surface area contributed by atoms with Crippen LogP contribution in [0.25, 0.3) is 33.3 Å². The van der Waals surface area contributed by atoms with Gasteiger partial charge in [-0.2, -0.15) is 13.2 Å². The molecule has 17 heteroatoms. The van der Waals surface area contributed by atoms with Gasteiger partial charge in [-0.1, -0.05) is 50.6 Å². The van der Waals surface area contributed by atoms with Crippen LogP contribution in [0.15, 0.2) is 54.7 Å². The number of hydrogen-bond acceptors (Lipinski definition) is 10. The SMILES string of the molecule is CO[C@@H](C)c1ncc(N2CCN3CCCCC3C2)cc1-c1c(CC(C)(C)CO)c2cc(-c3cccc(CC(NC(=O)OC(C)(C)C)C(=O)N4CCCC(C(=O)O)N4)c3)ccc2n1CC(F)(F)F. The van der Waals surface area contributed by atoms with Crippen molar-refractivity contribution < 1.29 is 47.2 Å². The molecule has 0 saturated carbocycles. The molecule has 2 amide bonds. The lowest BCUT2D eigenvalue weighted by Gasteiger charge is -2.45. The Morgan fingerprint density at radius 2 is 1.72 bits per heavy atom. The zero-order chi connectivity index (χ0) is 48.4. The molecular formula is C50H66F3N7O7. The number of pyridine rings is 1. The normalized spacial score (nSPS) is 19.5. The Morgan fingerprint density at radius 3 is 2.42 bits per heavy atom. The number of aliphatic carboxylic acids is 1. The van der Waals surface area contributed by atoms with Crippen LogP contribution in [0, 0.1) is 5.41 Å². The van der Waals surface area contributed by atoms with Gasteiger partial charge in [0.15, 0.2) is 0 Å². The molecule has 4 atom stereocenters. The maximum absolute atomic E-state index is 14.9. The fraction of sp³-hybridized carbons (Fsp3) is 0.560. The second-order valence-corrected chi connectivity index (χ2v) is 20.2. The summed E-state index contributed by atoms with van der Waals surface area (Å²) in [4.78, 5) is 48.7. The number of hydrazine groups is 1. The molecule has 3 unspecified atom stereocenters. The third kappa shape index (κ3) is 11.9. The van der Waals surface area contributed by atoms with Crippen molar-refractivity contribution in [1.29, 1.82) is 0 Å². The summed E-state index contributed by atoms with van der Waals surface area (Å²) in [5.41, 5.74) is 6.52. The second-order valence-electron chi connectivity index (χ2n) is 20.2. The van der Waals surface area contributed by atoms with E-state index in [1.54, 1.807) is 40.0 Å². The fourth-order valence-corrected chi connectivity index (χ4v) is 9.70. The number of nitrogens with zero attached hydrogens (tertiary/aromatic N) is 5. The van der Waals surface area contributed by atoms with E-state index in [-0.39, 0.29) is 26.0 Å². The molecule has 3 aliphatic heterocycles. The van der Waals surface area contributed by atoms with E-state index in [0.29, 0.717) is 69.0 Å². The summed E-state index contributed by atoms with van der Waals surface area (Å²) >= 11 is 0. The fourth-order valence-electron chi connectivity index (χ4n) is 9.70. The first kappa shape index (κ1) is 49.7. The largest absolute Gasteiger partial charge is 0.480 e. The maximum Gasteiger partial charge on any atom is 0.408 e. The lowest BCUT2D eigenvalue weighted by molar-refractivity contribution is -0.147. The van der Waals surface area contributed by atoms with Crippen molar-refractivity contribution in [2.45, 2.75) is 129 Å². The molecule has 4 aromatic rings. The number of fused-ring (bicyclic) bond motifs is 2. The number of methoxy groups -OCH3 is 1. The molecule has 2 aromatic carbocycles. The minimum Gasteiger partial charge on any atom is -0.480 e. The van der Waals surface area contributed by atoms with Crippen LogP contribution in [-0.2, 0) is 38.4 Å². The highest BCUT2D eigenvalue weighted by Crippen LogP contribution is 2.44. The van der Waals surface area contributed by atoms with Gasteiger partial charge in [-0.05, 0) is 112 Å². The molecule has 0 radical (unpaired) electrons.